The topological polar surface area (TPSA) is 0 Å². The Morgan fingerprint density at radius 2 is 1.62 bits per heavy atom. The van der Waals surface area contributed by atoms with Crippen molar-refractivity contribution in [3.05, 3.63) is 52.5 Å². The Bertz CT molecular complexity index is 261. The van der Waals surface area contributed by atoms with Gasteiger partial charge in [-0.05, 0) is 5.56 Å². The van der Waals surface area contributed by atoms with Gasteiger partial charge in [-0.1, -0.05) is 77.8 Å². The van der Waals surface area contributed by atoms with Gasteiger partial charge in [0.05, 0.1) is 0 Å². The van der Waals surface area contributed by atoms with Gasteiger partial charge < -0.3 is 0 Å². The maximum Gasteiger partial charge on any atom is 0.118 e. The Balaban J connectivity index is 0.000000252. The molecule has 0 aliphatic heterocycles. The van der Waals surface area contributed by atoms with Crippen LogP contribution in [0.15, 0.2) is 46.9 Å². The number of benzene rings is 1. The Morgan fingerprint density at radius 3 is 1.85 bits per heavy atom. The molecule has 0 aliphatic rings. The van der Waals surface area contributed by atoms with Crippen molar-refractivity contribution in [1.29, 1.82) is 0 Å². The molecule has 13 heavy (non-hydrogen) atoms. The highest BCUT2D eigenvalue weighted by Gasteiger charge is 1.75. The van der Waals surface area contributed by atoms with Gasteiger partial charge in [-0.2, -0.15) is 0 Å². The van der Waals surface area contributed by atoms with Gasteiger partial charge in [0.25, 0.3) is 0 Å². The van der Waals surface area contributed by atoms with Crippen molar-refractivity contribution >= 4 is 40.9 Å². The molecule has 0 aliphatic carbocycles. The molecule has 0 bridgehead atoms. The predicted molar refractivity (Wildman–Crippen MR) is 62.2 cm³/mol. The lowest BCUT2D eigenvalue weighted by Gasteiger charge is -1.85. The van der Waals surface area contributed by atoms with Crippen LogP contribution in [0.4, 0.5) is 0 Å². The average molecular weight is 236 g/mol. The predicted octanol–water partition coefficient (Wildman–Crippen LogP) is 4.83. The summed E-state index contributed by atoms with van der Waals surface area (Å²) < 4.78 is 0.0895. The number of hydrogen-bond donors (Lipinski definition) is 0. The van der Waals surface area contributed by atoms with Gasteiger partial charge in [-0.3, -0.25) is 0 Å². The van der Waals surface area contributed by atoms with Crippen LogP contribution in [0.3, 0.4) is 0 Å². The van der Waals surface area contributed by atoms with Crippen molar-refractivity contribution in [3.8, 4) is 0 Å². The largest absolute Gasteiger partial charge is 0.118 e. The monoisotopic (exact) mass is 234 g/mol. The maximum atomic E-state index is 4.96. The minimum absolute atomic E-state index is 0.0895. The minimum atomic E-state index is 0.0895. The molecule has 0 saturated carbocycles. The summed E-state index contributed by atoms with van der Waals surface area (Å²) in [7, 11) is 0. The molecule has 0 unspecified atom stereocenters. The highest BCUT2D eigenvalue weighted by molar-refractivity contribution is 6.58. The molecule has 0 heterocycles. The molecule has 0 radical (unpaired) electrons. The fourth-order valence-corrected chi connectivity index (χ4v) is 0.589. The Labute approximate surface area is 93.4 Å². The fraction of sp³-hybridized carbons (Fsp3) is 0. The van der Waals surface area contributed by atoms with Crippen LogP contribution in [0, 0.1) is 0 Å². The van der Waals surface area contributed by atoms with E-state index in [1.807, 2.05) is 36.4 Å². The van der Waals surface area contributed by atoms with Crippen LogP contribution >= 0.6 is 34.8 Å². The van der Waals surface area contributed by atoms with E-state index in [0.717, 1.165) is 5.54 Å². The van der Waals surface area contributed by atoms with E-state index in [4.69, 9.17) is 34.8 Å². The highest BCUT2D eigenvalue weighted by Crippen LogP contribution is 2.05. The first-order valence-electron chi connectivity index (χ1n) is 3.49. The van der Waals surface area contributed by atoms with E-state index < -0.39 is 0 Å². The van der Waals surface area contributed by atoms with Crippen molar-refractivity contribution in [1.82, 2.24) is 0 Å². The van der Waals surface area contributed by atoms with Gasteiger partial charge in [-0.25, -0.2) is 0 Å². The second-order valence-electron chi connectivity index (χ2n) is 2.01. The van der Waals surface area contributed by atoms with Crippen molar-refractivity contribution in [3.63, 3.8) is 0 Å². The number of hydrogen-bond acceptors (Lipinski definition) is 0. The van der Waals surface area contributed by atoms with E-state index in [1.165, 1.54) is 5.56 Å². The lowest BCUT2D eigenvalue weighted by atomic mass is 10.2. The van der Waals surface area contributed by atoms with Crippen molar-refractivity contribution < 1.29 is 0 Å². The van der Waals surface area contributed by atoms with E-state index in [2.05, 4.69) is 6.58 Å². The first kappa shape index (κ1) is 12.6. The molecule has 0 aromatic heterocycles. The molecular weight excluding hydrogens is 226 g/mol. The first-order valence-corrected chi connectivity index (χ1v) is 4.68. The highest BCUT2D eigenvalue weighted by atomic mass is 35.5. The zero-order valence-corrected chi connectivity index (χ0v) is 9.15. The Morgan fingerprint density at radius 1 is 1.15 bits per heavy atom. The summed E-state index contributed by atoms with van der Waals surface area (Å²) in [6.45, 7) is 3.63. The standard InChI is InChI=1S/C8H8.C2HCl3/c1-2-8-6-4-3-5-7-8;3-1-2(4)5/h2-7H,1H2;1H. The van der Waals surface area contributed by atoms with Crippen LogP contribution in [-0.4, -0.2) is 0 Å². The van der Waals surface area contributed by atoms with Gasteiger partial charge in [0.15, 0.2) is 0 Å². The van der Waals surface area contributed by atoms with Crippen molar-refractivity contribution in [2.24, 2.45) is 0 Å². The zero-order chi connectivity index (χ0) is 10.1. The molecule has 1 aromatic rings. The third-order valence-corrected chi connectivity index (χ3v) is 1.78. The molecule has 0 N–H and O–H groups in total. The average Bonchev–Trinajstić information content (AvgIpc) is 2.20. The second-order valence-corrected chi connectivity index (χ2v) is 3.24. The van der Waals surface area contributed by atoms with Crippen LogP contribution in [0.5, 0.6) is 0 Å². The van der Waals surface area contributed by atoms with E-state index in [-0.39, 0.29) is 4.49 Å². The second kappa shape index (κ2) is 8.18. The van der Waals surface area contributed by atoms with Gasteiger partial charge in [0.2, 0.25) is 0 Å². The zero-order valence-electron chi connectivity index (χ0n) is 6.88. The minimum Gasteiger partial charge on any atom is -0.0985 e. The van der Waals surface area contributed by atoms with Crippen LogP contribution < -0.4 is 0 Å². The normalized spacial score (nSPS) is 7.92. The smallest absolute Gasteiger partial charge is 0.0985 e. The van der Waals surface area contributed by atoms with Gasteiger partial charge >= 0.3 is 0 Å². The lowest BCUT2D eigenvalue weighted by molar-refractivity contribution is 1.67. The molecule has 0 spiro atoms. The summed E-state index contributed by atoms with van der Waals surface area (Å²) in [6.07, 6.45) is 1.83. The maximum absolute atomic E-state index is 4.96. The number of halogens is 3. The molecule has 1 aromatic carbocycles. The molecule has 70 valence electrons. The van der Waals surface area contributed by atoms with Gasteiger partial charge in [0.1, 0.15) is 4.49 Å². The van der Waals surface area contributed by atoms with Gasteiger partial charge in [0, 0.05) is 5.54 Å². The lowest BCUT2D eigenvalue weighted by Crippen LogP contribution is -1.63. The van der Waals surface area contributed by atoms with E-state index in [0.29, 0.717) is 0 Å². The van der Waals surface area contributed by atoms with Crippen molar-refractivity contribution in [2.75, 3.05) is 0 Å². The first-order chi connectivity index (χ1) is 6.20. The van der Waals surface area contributed by atoms with E-state index in [1.54, 1.807) is 0 Å². The molecule has 1 rings (SSSR count). The van der Waals surface area contributed by atoms with E-state index in [9.17, 15) is 0 Å². The molecule has 0 atom stereocenters. The van der Waals surface area contributed by atoms with Crippen molar-refractivity contribution in [2.45, 2.75) is 0 Å². The molecule has 0 amide bonds. The quantitative estimate of drug-likeness (QED) is 0.654. The van der Waals surface area contributed by atoms with Crippen LogP contribution in [-0.2, 0) is 0 Å². The fourth-order valence-electron chi connectivity index (χ4n) is 0.589. The summed E-state index contributed by atoms with van der Waals surface area (Å²) in [5.41, 5.74) is 2.26. The summed E-state index contributed by atoms with van der Waals surface area (Å²) >= 11 is 14.8. The molecule has 0 saturated heterocycles. The van der Waals surface area contributed by atoms with Crippen LogP contribution in [0.2, 0.25) is 0 Å². The summed E-state index contributed by atoms with van der Waals surface area (Å²) in [5.74, 6) is 0. The Kier molecular flexibility index (Phi) is 7.91. The SMILES string of the molecule is C=Cc1ccccc1.ClC=C(Cl)Cl. The molecule has 0 nitrogen and oxygen atoms in total. The molecule has 3 heteroatoms. The van der Waals surface area contributed by atoms with Crippen LogP contribution in [0.1, 0.15) is 5.56 Å². The summed E-state index contributed by atoms with van der Waals surface area (Å²) in [4.78, 5) is 0. The molecule has 0 fully saturated rings. The summed E-state index contributed by atoms with van der Waals surface area (Å²) in [5, 5.41) is 0. The van der Waals surface area contributed by atoms with Gasteiger partial charge in [-0.15, -0.1) is 0 Å². The van der Waals surface area contributed by atoms with Crippen LogP contribution in [0.25, 0.3) is 6.08 Å². The summed E-state index contributed by atoms with van der Waals surface area (Å²) in [6, 6.07) is 10.0. The molecular formula is C10H9Cl3. The third kappa shape index (κ3) is 7.92. The third-order valence-electron chi connectivity index (χ3n) is 1.12. The Hall–Kier alpha value is -0.430. The van der Waals surface area contributed by atoms with E-state index >= 15 is 0 Å². The number of rotatable bonds is 1.